The van der Waals surface area contributed by atoms with Crippen molar-refractivity contribution in [1.29, 1.82) is 0 Å². The molecule has 1 amide bonds. The van der Waals surface area contributed by atoms with Crippen LogP contribution in [-0.4, -0.2) is 19.6 Å². The molecule has 0 saturated heterocycles. The Morgan fingerprint density at radius 2 is 2.10 bits per heavy atom. The number of ether oxygens (including phenoxy) is 1. The van der Waals surface area contributed by atoms with Crippen LogP contribution in [0.5, 0.6) is 5.75 Å². The molecular formula is C13H17F3N2O2. The third-order valence-electron chi connectivity index (χ3n) is 2.74. The fraction of sp³-hybridized carbons (Fsp3) is 0.462. The van der Waals surface area contributed by atoms with Crippen molar-refractivity contribution in [1.82, 2.24) is 0 Å². The second-order valence-electron chi connectivity index (χ2n) is 4.50. The number of halogens is 3. The van der Waals surface area contributed by atoms with Gasteiger partial charge in [0.15, 0.2) is 0 Å². The molecule has 1 rings (SSSR count). The fourth-order valence-corrected chi connectivity index (χ4v) is 1.59. The Kier molecular flexibility index (Phi) is 5.38. The Morgan fingerprint density at radius 1 is 1.45 bits per heavy atom. The topological polar surface area (TPSA) is 64.3 Å². The number of carbonyl (C=O) groups excluding carboxylic acids is 1. The van der Waals surface area contributed by atoms with Crippen molar-refractivity contribution >= 4 is 11.6 Å². The highest BCUT2D eigenvalue weighted by atomic mass is 19.4. The van der Waals surface area contributed by atoms with Crippen LogP contribution in [0.2, 0.25) is 0 Å². The predicted octanol–water partition coefficient (Wildman–Crippen LogP) is 2.64. The number of hydrogen-bond donors (Lipinski definition) is 2. The van der Waals surface area contributed by atoms with E-state index in [1.807, 2.05) is 0 Å². The van der Waals surface area contributed by atoms with E-state index >= 15 is 0 Å². The van der Waals surface area contributed by atoms with Gasteiger partial charge in [0.1, 0.15) is 5.75 Å². The molecule has 0 saturated carbocycles. The van der Waals surface area contributed by atoms with Crippen molar-refractivity contribution in [3.05, 3.63) is 23.8 Å². The van der Waals surface area contributed by atoms with Gasteiger partial charge < -0.3 is 15.8 Å². The van der Waals surface area contributed by atoms with Crippen LogP contribution < -0.4 is 15.8 Å². The first-order chi connectivity index (χ1) is 9.27. The van der Waals surface area contributed by atoms with Gasteiger partial charge in [-0.05, 0) is 30.7 Å². The van der Waals surface area contributed by atoms with Crippen LogP contribution in [0.15, 0.2) is 18.2 Å². The van der Waals surface area contributed by atoms with E-state index in [0.717, 1.165) is 6.07 Å². The first-order valence-corrected chi connectivity index (χ1v) is 6.03. The second-order valence-corrected chi connectivity index (χ2v) is 4.50. The lowest BCUT2D eigenvalue weighted by molar-refractivity contribution is -0.137. The number of benzene rings is 1. The van der Waals surface area contributed by atoms with Crippen LogP contribution in [0.4, 0.5) is 18.9 Å². The zero-order valence-corrected chi connectivity index (χ0v) is 11.3. The third kappa shape index (κ3) is 4.41. The van der Waals surface area contributed by atoms with E-state index in [0.29, 0.717) is 6.54 Å². The maximum absolute atomic E-state index is 12.9. The highest BCUT2D eigenvalue weighted by Crippen LogP contribution is 2.37. The average Bonchev–Trinajstić information content (AvgIpc) is 2.37. The van der Waals surface area contributed by atoms with Gasteiger partial charge in [-0.1, -0.05) is 6.92 Å². The molecule has 0 aliphatic heterocycles. The van der Waals surface area contributed by atoms with Gasteiger partial charge in [-0.2, -0.15) is 13.2 Å². The first-order valence-electron chi connectivity index (χ1n) is 6.03. The third-order valence-corrected chi connectivity index (χ3v) is 2.74. The highest BCUT2D eigenvalue weighted by molar-refractivity contribution is 5.91. The smallest absolute Gasteiger partial charge is 0.418 e. The Morgan fingerprint density at radius 3 is 2.60 bits per heavy atom. The fourth-order valence-electron chi connectivity index (χ4n) is 1.59. The Balaban J connectivity index is 2.97. The van der Waals surface area contributed by atoms with Crippen molar-refractivity contribution in [3.8, 4) is 5.75 Å². The molecule has 3 N–H and O–H groups in total. The number of methoxy groups -OCH3 is 1. The molecule has 1 unspecified atom stereocenters. The van der Waals surface area contributed by atoms with Gasteiger partial charge in [0.25, 0.3) is 0 Å². The van der Waals surface area contributed by atoms with E-state index in [-0.39, 0.29) is 23.8 Å². The molecule has 0 bridgehead atoms. The number of hydrogen-bond acceptors (Lipinski definition) is 3. The van der Waals surface area contributed by atoms with Crippen LogP contribution in [0.25, 0.3) is 0 Å². The molecule has 20 heavy (non-hydrogen) atoms. The molecule has 0 heterocycles. The number of rotatable bonds is 5. The molecule has 0 spiro atoms. The van der Waals surface area contributed by atoms with E-state index in [9.17, 15) is 18.0 Å². The SMILES string of the molecule is COc1ccc(NC(=O)CC(C)CN)c(C(F)(F)F)c1. The van der Waals surface area contributed by atoms with Crippen LogP contribution in [0.1, 0.15) is 18.9 Å². The van der Waals surface area contributed by atoms with Crippen LogP contribution in [-0.2, 0) is 11.0 Å². The first kappa shape index (κ1) is 16.3. The number of carbonyl (C=O) groups is 1. The summed E-state index contributed by atoms with van der Waals surface area (Å²) in [5.74, 6) is -0.521. The number of amides is 1. The van der Waals surface area contributed by atoms with Crippen molar-refractivity contribution in [2.75, 3.05) is 19.0 Å². The van der Waals surface area contributed by atoms with Crippen molar-refractivity contribution in [2.45, 2.75) is 19.5 Å². The molecule has 1 aromatic rings. The summed E-state index contributed by atoms with van der Waals surface area (Å²) in [5.41, 5.74) is 4.15. The largest absolute Gasteiger partial charge is 0.497 e. The lowest BCUT2D eigenvalue weighted by Gasteiger charge is -2.16. The molecule has 1 aromatic carbocycles. The summed E-state index contributed by atoms with van der Waals surface area (Å²) >= 11 is 0. The van der Waals surface area contributed by atoms with Crippen molar-refractivity contribution < 1.29 is 22.7 Å². The molecule has 0 radical (unpaired) electrons. The molecule has 4 nitrogen and oxygen atoms in total. The minimum Gasteiger partial charge on any atom is -0.497 e. The van der Waals surface area contributed by atoms with Crippen molar-refractivity contribution in [2.24, 2.45) is 11.7 Å². The monoisotopic (exact) mass is 290 g/mol. The van der Waals surface area contributed by atoms with Crippen molar-refractivity contribution in [3.63, 3.8) is 0 Å². The number of nitrogens with one attached hydrogen (secondary N) is 1. The lowest BCUT2D eigenvalue weighted by atomic mass is 10.1. The molecule has 0 fully saturated rings. The van der Waals surface area contributed by atoms with Gasteiger partial charge in [0.05, 0.1) is 18.4 Å². The van der Waals surface area contributed by atoms with E-state index in [2.05, 4.69) is 5.32 Å². The van der Waals surface area contributed by atoms with Gasteiger partial charge in [-0.25, -0.2) is 0 Å². The number of anilines is 1. The quantitative estimate of drug-likeness (QED) is 0.876. The second kappa shape index (κ2) is 6.60. The summed E-state index contributed by atoms with van der Waals surface area (Å²) < 4.78 is 43.5. The summed E-state index contributed by atoms with van der Waals surface area (Å²) in [6.45, 7) is 2.04. The molecular weight excluding hydrogens is 273 g/mol. The highest BCUT2D eigenvalue weighted by Gasteiger charge is 2.34. The maximum atomic E-state index is 12.9. The zero-order chi connectivity index (χ0) is 15.3. The summed E-state index contributed by atoms with van der Waals surface area (Å²) in [5, 5.41) is 2.26. The van der Waals surface area contributed by atoms with Crippen LogP contribution in [0, 0.1) is 5.92 Å². The minimum atomic E-state index is -4.57. The van der Waals surface area contributed by atoms with Gasteiger partial charge in [0.2, 0.25) is 5.91 Å². The maximum Gasteiger partial charge on any atom is 0.418 e. The molecule has 0 aliphatic carbocycles. The Labute approximate surface area is 115 Å². The molecule has 7 heteroatoms. The Bertz CT molecular complexity index is 475. The van der Waals surface area contributed by atoms with E-state index in [4.69, 9.17) is 10.5 Å². The summed E-state index contributed by atoms with van der Waals surface area (Å²) in [6, 6.07) is 3.38. The summed E-state index contributed by atoms with van der Waals surface area (Å²) in [7, 11) is 1.27. The van der Waals surface area contributed by atoms with E-state index in [1.54, 1.807) is 6.92 Å². The van der Waals surface area contributed by atoms with Crippen LogP contribution in [0.3, 0.4) is 0 Å². The zero-order valence-electron chi connectivity index (χ0n) is 11.3. The molecule has 112 valence electrons. The van der Waals surface area contributed by atoms with E-state index in [1.165, 1.54) is 19.2 Å². The van der Waals surface area contributed by atoms with Gasteiger partial charge in [-0.3, -0.25) is 4.79 Å². The predicted molar refractivity (Wildman–Crippen MR) is 69.5 cm³/mol. The minimum absolute atomic E-state index is 0.0693. The molecule has 1 atom stereocenters. The summed E-state index contributed by atoms with van der Waals surface area (Å²) in [4.78, 5) is 11.7. The molecule has 0 aliphatic rings. The van der Waals surface area contributed by atoms with E-state index < -0.39 is 17.6 Å². The number of alkyl halides is 3. The van der Waals surface area contributed by atoms with Crippen LogP contribution >= 0.6 is 0 Å². The number of nitrogens with two attached hydrogens (primary N) is 1. The lowest BCUT2D eigenvalue weighted by Crippen LogP contribution is -2.21. The molecule has 0 aromatic heterocycles. The Hall–Kier alpha value is -1.76. The standard InChI is InChI=1S/C13H17F3N2O2/c1-8(7-17)5-12(19)18-11-4-3-9(20-2)6-10(11)13(14,15)16/h3-4,6,8H,5,7,17H2,1-2H3,(H,18,19). The van der Waals surface area contributed by atoms with Gasteiger partial charge in [-0.15, -0.1) is 0 Å². The van der Waals surface area contributed by atoms with Gasteiger partial charge >= 0.3 is 6.18 Å². The average molecular weight is 290 g/mol. The van der Waals surface area contributed by atoms with Gasteiger partial charge in [0, 0.05) is 6.42 Å². The normalized spacial score (nSPS) is 12.9. The summed E-state index contributed by atoms with van der Waals surface area (Å²) in [6.07, 6.45) is -4.50.